The molecule has 23 heavy (non-hydrogen) atoms. The quantitative estimate of drug-likeness (QED) is 0.861. The van der Waals surface area contributed by atoms with Gasteiger partial charge in [-0.15, -0.1) is 0 Å². The number of fused-ring (bicyclic) bond motifs is 1. The highest BCUT2D eigenvalue weighted by molar-refractivity contribution is 7.89. The van der Waals surface area contributed by atoms with Crippen molar-refractivity contribution in [1.82, 2.24) is 14.6 Å². The van der Waals surface area contributed by atoms with Crippen molar-refractivity contribution >= 4 is 32.4 Å². The molecule has 0 aliphatic carbocycles. The fourth-order valence-electron chi connectivity index (χ4n) is 2.92. The summed E-state index contributed by atoms with van der Waals surface area (Å²) in [5, 5.41) is 4.98. The van der Waals surface area contributed by atoms with Crippen molar-refractivity contribution in [1.29, 1.82) is 0 Å². The van der Waals surface area contributed by atoms with E-state index in [2.05, 4.69) is 24.1 Å². The number of hydrogen-bond donors (Lipinski definition) is 1. The van der Waals surface area contributed by atoms with E-state index in [9.17, 15) is 8.42 Å². The number of pyridine rings is 1. The molecule has 2 aromatic rings. The van der Waals surface area contributed by atoms with Crippen molar-refractivity contribution in [2.45, 2.75) is 24.8 Å². The normalized spacial score (nSPS) is 20.3. The first-order chi connectivity index (χ1) is 10.9. The van der Waals surface area contributed by atoms with Crippen LogP contribution in [-0.2, 0) is 10.0 Å². The Kier molecular flexibility index (Phi) is 4.60. The van der Waals surface area contributed by atoms with Gasteiger partial charge in [0.2, 0.25) is 10.0 Å². The number of sulfonamides is 1. The number of nitrogens with one attached hydrogen (secondary N) is 1. The number of halogens is 1. The molecule has 1 aromatic heterocycles. The molecule has 0 spiro atoms. The maximum atomic E-state index is 13.1. The summed E-state index contributed by atoms with van der Waals surface area (Å²) in [6, 6.07) is 7.01. The van der Waals surface area contributed by atoms with Crippen LogP contribution in [0.15, 0.2) is 35.4 Å². The fourth-order valence-corrected chi connectivity index (χ4v) is 4.82. The summed E-state index contributed by atoms with van der Waals surface area (Å²) in [4.78, 5) is 4.32. The van der Waals surface area contributed by atoms with Gasteiger partial charge in [-0.25, -0.2) is 13.4 Å². The van der Waals surface area contributed by atoms with Crippen LogP contribution in [0, 0.1) is 5.92 Å². The number of nitrogens with zero attached hydrogens (tertiary/aromatic N) is 2. The van der Waals surface area contributed by atoms with Crippen molar-refractivity contribution in [3.8, 4) is 0 Å². The largest absolute Gasteiger partial charge is 0.311 e. The van der Waals surface area contributed by atoms with Gasteiger partial charge < -0.3 is 5.32 Å². The topological polar surface area (TPSA) is 62.3 Å². The number of piperazine rings is 1. The second kappa shape index (κ2) is 6.36. The summed E-state index contributed by atoms with van der Waals surface area (Å²) in [5.74, 6) is 0.374. The third-order valence-corrected chi connectivity index (χ3v) is 6.53. The van der Waals surface area contributed by atoms with E-state index in [4.69, 9.17) is 11.6 Å². The van der Waals surface area contributed by atoms with Gasteiger partial charge in [0.05, 0.1) is 4.90 Å². The zero-order valence-electron chi connectivity index (χ0n) is 13.2. The molecular formula is C16H20ClN3O2S. The van der Waals surface area contributed by atoms with Crippen LogP contribution in [0.2, 0.25) is 5.15 Å². The lowest BCUT2D eigenvalue weighted by molar-refractivity contribution is 0.256. The first-order valence-electron chi connectivity index (χ1n) is 7.68. The van der Waals surface area contributed by atoms with Crippen molar-refractivity contribution < 1.29 is 8.42 Å². The minimum absolute atomic E-state index is 0.166. The molecule has 0 bridgehead atoms. The predicted molar refractivity (Wildman–Crippen MR) is 92.1 cm³/mol. The number of hydrogen-bond acceptors (Lipinski definition) is 4. The van der Waals surface area contributed by atoms with Gasteiger partial charge in [0.1, 0.15) is 5.15 Å². The molecule has 124 valence electrons. The Morgan fingerprint density at radius 1 is 1.30 bits per heavy atom. The van der Waals surface area contributed by atoms with Crippen molar-refractivity contribution in [2.75, 3.05) is 19.6 Å². The van der Waals surface area contributed by atoms with Gasteiger partial charge >= 0.3 is 0 Å². The molecule has 0 radical (unpaired) electrons. The SMILES string of the molecule is CC(C)C1CN(S(=O)(=O)c2cccc3c(Cl)nccc23)CCN1. The molecule has 1 N–H and O–H groups in total. The fraction of sp³-hybridized carbons (Fsp3) is 0.438. The maximum absolute atomic E-state index is 13.1. The molecule has 0 saturated carbocycles. The highest BCUT2D eigenvalue weighted by Gasteiger charge is 2.32. The van der Waals surface area contributed by atoms with Gasteiger partial charge in [0, 0.05) is 42.6 Å². The molecule has 1 aliphatic rings. The van der Waals surface area contributed by atoms with E-state index < -0.39 is 10.0 Å². The summed E-state index contributed by atoms with van der Waals surface area (Å²) in [5.41, 5.74) is 0. The van der Waals surface area contributed by atoms with Gasteiger partial charge in [-0.2, -0.15) is 4.31 Å². The molecule has 3 rings (SSSR count). The van der Waals surface area contributed by atoms with Gasteiger partial charge in [0.25, 0.3) is 0 Å². The monoisotopic (exact) mass is 353 g/mol. The molecule has 1 aromatic carbocycles. The number of aromatic nitrogens is 1. The molecule has 7 heteroatoms. The molecule has 5 nitrogen and oxygen atoms in total. The molecule has 2 heterocycles. The third-order valence-electron chi connectivity index (χ3n) is 4.31. The van der Waals surface area contributed by atoms with E-state index in [-0.39, 0.29) is 6.04 Å². The van der Waals surface area contributed by atoms with Crippen LogP contribution >= 0.6 is 11.6 Å². The highest BCUT2D eigenvalue weighted by atomic mass is 35.5. The van der Waals surface area contributed by atoms with Crippen LogP contribution in [0.25, 0.3) is 10.8 Å². The van der Waals surface area contributed by atoms with Gasteiger partial charge in [-0.1, -0.05) is 37.6 Å². The lowest BCUT2D eigenvalue weighted by Crippen LogP contribution is -2.54. The summed E-state index contributed by atoms with van der Waals surface area (Å²) in [6.45, 7) is 5.80. The molecule has 1 aliphatic heterocycles. The third kappa shape index (κ3) is 3.08. The predicted octanol–water partition coefficient (Wildman–Crippen LogP) is 2.51. The molecule has 0 amide bonds. The second-order valence-corrected chi connectivity index (χ2v) is 8.39. The van der Waals surface area contributed by atoms with Crippen LogP contribution in [0.1, 0.15) is 13.8 Å². The zero-order valence-corrected chi connectivity index (χ0v) is 14.7. The minimum atomic E-state index is -3.56. The molecular weight excluding hydrogens is 334 g/mol. The summed E-state index contributed by atoms with van der Waals surface area (Å²) in [6.07, 6.45) is 1.54. The van der Waals surface area contributed by atoms with Crippen LogP contribution in [0.3, 0.4) is 0 Å². The molecule has 1 atom stereocenters. The number of benzene rings is 1. The van der Waals surface area contributed by atoms with Crippen LogP contribution in [0.4, 0.5) is 0 Å². The van der Waals surface area contributed by atoms with E-state index in [0.717, 1.165) is 0 Å². The van der Waals surface area contributed by atoms with E-state index in [1.807, 2.05) is 0 Å². The Labute approximate surface area is 141 Å². The second-order valence-electron chi connectivity index (χ2n) is 6.12. The summed E-state index contributed by atoms with van der Waals surface area (Å²) in [7, 11) is -3.56. The van der Waals surface area contributed by atoms with Gasteiger partial charge in [0.15, 0.2) is 0 Å². The smallest absolute Gasteiger partial charge is 0.243 e. The van der Waals surface area contributed by atoms with E-state index in [1.54, 1.807) is 34.8 Å². The Balaban J connectivity index is 2.05. The van der Waals surface area contributed by atoms with E-state index in [0.29, 0.717) is 46.4 Å². The Bertz CT molecular complexity index is 823. The lowest BCUT2D eigenvalue weighted by Gasteiger charge is -2.35. The van der Waals surface area contributed by atoms with Crippen molar-refractivity contribution in [3.05, 3.63) is 35.6 Å². The van der Waals surface area contributed by atoms with Crippen LogP contribution < -0.4 is 5.32 Å². The number of rotatable bonds is 3. The lowest BCUT2D eigenvalue weighted by atomic mass is 10.0. The van der Waals surface area contributed by atoms with Gasteiger partial charge in [-0.3, -0.25) is 0 Å². The summed E-state index contributed by atoms with van der Waals surface area (Å²) >= 11 is 6.10. The summed E-state index contributed by atoms with van der Waals surface area (Å²) < 4.78 is 27.8. The maximum Gasteiger partial charge on any atom is 0.243 e. The average molecular weight is 354 g/mol. The Hall–Kier alpha value is -1.21. The first kappa shape index (κ1) is 16.6. The average Bonchev–Trinajstić information content (AvgIpc) is 2.55. The minimum Gasteiger partial charge on any atom is -0.311 e. The first-order valence-corrected chi connectivity index (χ1v) is 9.50. The van der Waals surface area contributed by atoms with E-state index in [1.165, 1.54) is 0 Å². The van der Waals surface area contributed by atoms with Crippen molar-refractivity contribution in [3.63, 3.8) is 0 Å². The van der Waals surface area contributed by atoms with Crippen molar-refractivity contribution in [2.24, 2.45) is 5.92 Å². The molecule has 1 unspecified atom stereocenters. The zero-order chi connectivity index (χ0) is 16.6. The van der Waals surface area contributed by atoms with Crippen LogP contribution in [0.5, 0.6) is 0 Å². The van der Waals surface area contributed by atoms with Crippen LogP contribution in [-0.4, -0.2) is 43.4 Å². The highest BCUT2D eigenvalue weighted by Crippen LogP contribution is 2.29. The van der Waals surface area contributed by atoms with E-state index >= 15 is 0 Å². The Morgan fingerprint density at radius 2 is 2.09 bits per heavy atom. The standard InChI is InChI=1S/C16H20ClN3O2S/c1-11(2)14-10-20(9-8-18-14)23(21,22)15-5-3-4-13-12(15)6-7-19-16(13)17/h3-7,11,14,18H,8-10H2,1-2H3. The molecule has 1 fully saturated rings. The Morgan fingerprint density at radius 3 is 2.83 bits per heavy atom. The molecule has 1 saturated heterocycles. The van der Waals surface area contributed by atoms with Gasteiger partial charge in [-0.05, 0) is 18.1 Å².